The molecule has 0 fully saturated rings. The highest BCUT2D eigenvalue weighted by Crippen LogP contribution is 2.24. The lowest BCUT2D eigenvalue weighted by atomic mass is 9.88. The van der Waals surface area contributed by atoms with Crippen LogP contribution in [0.1, 0.15) is 53.4 Å². The lowest BCUT2D eigenvalue weighted by Gasteiger charge is -2.21. The smallest absolute Gasteiger partial charge is 0.309 e. The fourth-order valence-electron chi connectivity index (χ4n) is 1.67. The van der Waals surface area contributed by atoms with Gasteiger partial charge in [-0.3, -0.25) is 9.59 Å². The molecule has 0 aliphatic carbocycles. The number of aliphatic carboxylic acids is 2. The minimum atomic E-state index is -1.00. The Morgan fingerprint density at radius 3 is 1.45 bits per heavy atom. The maximum atomic E-state index is 11.8. The van der Waals surface area contributed by atoms with Gasteiger partial charge in [0.05, 0.1) is 10.8 Å². The summed E-state index contributed by atoms with van der Waals surface area (Å²) >= 11 is -1.00. The van der Waals surface area contributed by atoms with Crippen molar-refractivity contribution in [1.82, 2.24) is 0 Å². The molecule has 0 aliphatic rings. The van der Waals surface area contributed by atoms with Crippen LogP contribution in [0.25, 0.3) is 0 Å². The van der Waals surface area contributed by atoms with E-state index in [0.29, 0.717) is 37.2 Å². The summed E-state index contributed by atoms with van der Waals surface area (Å²) in [6.45, 7) is 6.64. The van der Waals surface area contributed by atoms with Gasteiger partial charge in [0, 0.05) is 0 Å². The molecule has 6 heteroatoms. The van der Waals surface area contributed by atoms with Crippen molar-refractivity contribution >= 4 is 23.1 Å². The van der Waals surface area contributed by atoms with Crippen LogP contribution in [0.3, 0.4) is 0 Å². The monoisotopic (exact) mass is 306 g/mol. The van der Waals surface area contributed by atoms with Gasteiger partial charge >= 0.3 is 11.9 Å². The second-order valence-electron chi connectivity index (χ2n) is 6.43. The summed E-state index contributed by atoms with van der Waals surface area (Å²) in [4.78, 5) is 21.8. The van der Waals surface area contributed by atoms with Crippen molar-refractivity contribution in [3.63, 3.8) is 0 Å². The molecule has 0 saturated carbocycles. The summed E-state index contributed by atoms with van der Waals surface area (Å²) in [6, 6.07) is 0. The van der Waals surface area contributed by atoms with Crippen molar-refractivity contribution in [3.05, 3.63) is 0 Å². The standard InChI is InChI=1S/C14H26O5S/c1-13(2,11(15)16)7-5-9-20(19)10-6-8-14(3,4)12(17)18/h5-10H2,1-4H3,(H,15,16)(H,17,18). The minimum absolute atomic E-state index is 0.476. The number of carboxylic acids is 2. The molecule has 0 aromatic carbocycles. The van der Waals surface area contributed by atoms with E-state index in [1.165, 1.54) is 0 Å². The molecular weight excluding hydrogens is 280 g/mol. The Morgan fingerprint density at radius 2 is 1.20 bits per heavy atom. The molecule has 118 valence electrons. The zero-order valence-corrected chi connectivity index (χ0v) is 13.6. The summed E-state index contributed by atoms with van der Waals surface area (Å²) in [5, 5.41) is 17.9. The van der Waals surface area contributed by atoms with Crippen LogP contribution in [-0.4, -0.2) is 38.2 Å². The van der Waals surface area contributed by atoms with Crippen molar-refractivity contribution in [2.24, 2.45) is 10.8 Å². The molecule has 0 rings (SSSR count). The second kappa shape index (κ2) is 7.88. The third-order valence-corrected chi connectivity index (χ3v) is 4.99. The Hall–Kier alpha value is -0.750. The van der Waals surface area contributed by atoms with Crippen LogP contribution >= 0.6 is 0 Å². The Labute approximate surface area is 123 Å². The quantitative estimate of drug-likeness (QED) is 0.604. The lowest BCUT2D eigenvalue weighted by molar-refractivity contribution is -0.148. The summed E-state index contributed by atoms with van der Waals surface area (Å²) in [5.74, 6) is -0.730. The van der Waals surface area contributed by atoms with Crippen LogP contribution in [0.15, 0.2) is 0 Å². The van der Waals surface area contributed by atoms with E-state index in [1.807, 2.05) is 0 Å². The molecule has 0 aromatic rings. The molecule has 0 unspecified atom stereocenters. The zero-order valence-electron chi connectivity index (χ0n) is 12.8. The van der Waals surface area contributed by atoms with Crippen LogP contribution in [-0.2, 0) is 20.8 Å². The van der Waals surface area contributed by atoms with Gasteiger partial charge in [0.2, 0.25) is 0 Å². The van der Waals surface area contributed by atoms with Gasteiger partial charge in [-0.05, 0) is 53.4 Å². The van der Waals surface area contributed by atoms with E-state index in [-0.39, 0.29) is 0 Å². The molecule has 0 saturated heterocycles. The molecule has 0 aliphatic heterocycles. The number of hydrogen-bond acceptors (Lipinski definition) is 3. The Bertz CT molecular complexity index is 306. The first kappa shape index (κ1) is 19.2. The highest BCUT2D eigenvalue weighted by Gasteiger charge is 2.28. The van der Waals surface area contributed by atoms with Gasteiger partial charge < -0.3 is 14.8 Å². The Morgan fingerprint density at radius 1 is 0.900 bits per heavy atom. The third kappa shape index (κ3) is 7.14. The predicted octanol–water partition coefficient (Wildman–Crippen LogP) is 2.52. The molecule has 0 amide bonds. The number of carboxylic acid groups (broad SMARTS) is 2. The first-order chi connectivity index (χ1) is 8.99. The number of hydrogen-bond donors (Lipinski definition) is 2. The van der Waals surface area contributed by atoms with E-state index in [0.717, 1.165) is 0 Å². The molecule has 0 aromatic heterocycles. The maximum Gasteiger partial charge on any atom is 0.309 e. The molecule has 0 bridgehead atoms. The molecular formula is C14H26O5S. The summed E-state index contributed by atoms with van der Waals surface area (Å²) in [7, 11) is 0. The number of carbonyl (C=O) groups is 2. The van der Waals surface area contributed by atoms with Gasteiger partial charge in [-0.25, -0.2) is 0 Å². The first-order valence-corrected chi connectivity index (χ1v) is 8.29. The van der Waals surface area contributed by atoms with Crippen molar-refractivity contribution in [2.45, 2.75) is 53.4 Å². The summed E-state index contributed by atoms with van der Waals surface area (Å²) in [6.07, 6.45) is 2.20. The van der Waals surface area contributed by atoms with Gasteiger partial charge in [0.1, 0.15) is 11.5 Å². The van der Waals surface area contributed by atoms with Gasteiger partial charge in [-0.1, -0.05) is 11.2 Å². The molecule has 20 heavy (non-hydrogen) atoms. The van der Waals surface area contributed by atoms with E-state index >= 15 is 0 Å². The number of rotatable bonds is 10. The van der Waals surface area contributed by atoms with E-state index in [4.69, 9.17) is 10.2 Å². The van der Waals surface area contributed by atoms with Gasteiger partial charge in [-0.15, -0.1) is 0 Å². The van der Waals surface area contributed by atoms with Crippen LogP contribution in [0.4, 0.5) is 0 Å². The minimum Gasteiger partial charge on any atom is -0.616 e. The molecule has 0 atom stereocenters. The van der Waals surface area contributed by atoms with Crippen molar-refractivity contribution in [1.29, 1.82) is 0 Å². The molecule has 0 radical (unpaired) electrons. The maximum absolute atomic E-state index is 11.8. The average Bonchev–Trinajstić information content (AvgIpc) is 2.27. The highest BCUT2D eigenvalue weighted by atomic mass is 32.2. The third-order valence-electron chi connectivity index (χ3n) is 3.51. The zero-order chi connectivity index (χ0) is 16.0. The fourth-order valence-corrected chi connectivity index (χ4v) is 2.80. The Kier molecular flexibility index (Phi) is 7.59. The van der Waals surface area contributed by atoms with E-state index in [1.54, 1.807) is 27.7 Å². The SMILES string of the molecule is CC(C)(CCC[S+]([O-])CCCC(C)(C)C(=O)O)C(=O)O. The van der Waals surface area contributed by atoms with E-state index in [2.05, 4.69) is 0 Å². The summed E-state index contributed by atoms with van der Waals surface area (Å²) in [5.41, 5.74) is -1.56. The van der Waals surface area contributed by atoms with E-state index < -0.39 is 33.9 Å². The summed E-state index contributed by atoms with van der Waals surface area (Å²) < 4.78 is 11.8. The molecule has 5 nitrogen and oxygen atoms in total. The lowest BCUT2D eigenvalue weighted by Crippen LogP contribution is -2.26. The average molecular weight is 306 g/mol. The van der Waals surface area contributed by atoms with E-state index in [9.17, 15) is 14.1 Å². The fraction of sp³-hybridized carbons (Fsp3) is 0.857. The molecule has 0 spiro atoms. The molecule has 2 N–H and O–H groups in total. The highest BCUT2D eigenvalue weighted by molar-refractivity contribution is 7.91. The van der Waals surface area contributed by atoms with Gasteiger partial charge in [0.25, 0.3) is 0 Å². The van der Waals surface area contributed by atoms with Crippen LogP contribution in [0.2, 0.25) is 0 Å². The predicted molar refractivity (Wildman–Crippen MR) is 79.2 cm³/mol. The van der Waals surface area contributed by atoms with Crippen molar-refractivity contribution in [2.75, 3.05) is 11.5 Å². The van der Waals surface area contributed by atoms with Gasteiger partial charge in [-0.2, -0.15) is 0 Å². The topological polar surface area (TPSA) is 97.7 Å². The van der Waals surface area contributed by atoms with Crippen LogP contribution < -0.4 is 0 Å². The first-order valence-electron chi connectivity index (χ1n) is 6.81. The van der Waals surface area contributed by atoms with Crippen LogP contribution in [0.5, 0.6) is 0 Å². The second-order valence-corrected chi connectivity index (χ2v) is 8.13. The van der Waals surface area contributed by atoms with Crippen molar-refractivity contribution in [3.8, 4) is 0 Å². The van der Waals surface area contributed by atoms with Crippen molar-refractivity contribution < 1.29 is 24.4 Å². The van der Waals surface area contributed by atoms with Crippen LogP contribution in [0, 0.1) is 10.8 Å². The Balaban J connectivity index is 3.89. The van der Waals surface area contributed by atoms with Gasteiger partial charge in [0.15, 0.2) is 0 Å². The largest absolute Gasteiger partial charge is 0.616 e. The normalized spacial score (nSPS) is 12.7. The molecule has 0 heterocycles.